The molecule has 0 amide bonds. The highest BCUT2D eigenvalue weighted by Gasteiger charge is 2.07. The molecule has 3 heteroatoms. The van der Waals surface area contributed by atoms with Gasteiger partial charge in [-0.2, -0.15) is 0 Å². The lowest BCUT2D eigenvalue weighted by Gasteiger charge is -2.03. The van der Waals surface area contributed by atoms with Crippen molar-refractivity contribution in [2.24, 2.45) is 0 Å². The molecular formula is C12H9ClO2. The quantitative estimate of drug-likeness (QED) is 0.789. The SMILES string of the molecule is O=C(O)c1cccc2ccc(CCl)cc12. The number of hydrogen-bond donors (Lipinski definition) is 1. The van der Waals surface area contributed by atoms with E-state index in [0.29, 0.717) is 11.4 Å². The van der Waals surface area contributed by atoms with Gasteiger partial charge in [0.05, 0.1) is 5.56 Å². The molecule has 0 aliphatic rings. The molecular weight excluding hydrogens is 212 g/mol. The van der Waals surface area contributed by atoms with Crippen molar-refractivity contribution in [1.29, 1.82) is 0 Å². The molecule has 76 valence electrons. The molecule has 0 heterocycles. The summed E-state index contributed by atoms with van der Waals surface area (Å²) in [6, 6.07) is 10.8. The Hall–Kier alpha value is -1.54. The number of halogens is 1. The molecule has 0 aliphatic heterocycles. The monoisotopic (exact) mass is 220 g/mol. The Bertz CT molecular complexity index is 520. The van der Waals surface area contributed by atoms with E-state index in [4.69, 9.17) is 16.7 Å². The van der Waals surface area contributed by atoms with Crippen molar-refractivity contribution in [1.82, 2.24) is 0 Å². The largest absolute Gasteiger partial charge is 0.478 e. The van der Waals surface area contributed by atoms with Crippen molar-refractivity contribution >= 4 is 28.3 Å². The van der Waals surface area contributed by atoms with Crippen LogP contribution in [0.1, 0.15) is 15.9 Å². The Labute approximate surface area is 92.1 Å². The number of carboxylic acid groups (broad SMARTS) is 1. The second-order valence-electron chi connectivity index (χ2n) is 3.30. The third kappa shape index (κ3) is 1.81. The minimum Gasteiger partial charge on any atom is -0.478 e. The summed E-state index contributed by atoms with van der Waals surface area (Å²) in [4.78, 5) is 11.0. The molecule has 0 radical (unpaired) electrons. The molecule has 0 aliphatic carbocycles. The molecule has 15 heavy (non-hydrogen) atoms. The fourth-order valence-corrected chi connectivity index (χ4v) is 1.76. The highest BCUT2D eigenvalue weighted by Crippen LogP contribution is 2.21. The van der Waals surface area contributed by atoms with Gasteiger partial charge in [0.2, 0.25) is 0 Å². The molecule has 1 N–H and O–H groups in total. The smallest absolute Gasteiger partial charge is 0.336 e. The van der Waals surface area contributed by atoms with Gasteiger partial charge >= 0.3 is 5.97 Å². The molecule has 2 nitrogen and oxygen atoms in total. The van der Waals surface area contributed by atoms with Crippen LogP contribution in [0.15, 0.2) is 36.4 Å². The zero-order valence-corrected chi connectivity index (χ0v) is 8.66. The van der Waals surface area contributed by atoms with Crippen LogP contribution in [0.4, 0.5) is 0 Å². The zero-order valence-electron chi connectivity index (χ0n) is 7.90. The van der Waals surface area contributed by atoms with Gasteiger partial charge in [-0.05, 0) is 28.5 Å². The first-order valence-electron chi connectivity index (χ1n) is 4.53. The van der Waals surface area contributed by atoms with Crippen LogP contribution in [0.3, 0.4) is 0 Å². The number of benzene rings is 2. The fraction of sp³-hybridized carbons (Fsp3) is 0.0833. The first-order chi connectivity index (χ1) is 7.22. The third-order valence-electron chi connectivity index (χ3n) is 2.33. The van der Waals surface area contributed by atoms with Gasteiger partial charge in [0.1, 0.15) is 0 Å². The number of hydrogen-bond acceptors (Lipinski definition) is 1. The van der Waals surface area contributed by atoms with Gasteiger partial charge in [-0.25, -0.2) is 4.79 Å². The molecule has 2 aromatic carbocycles. The van der Waals surface area contributed by atoms with E-state index < -0.39 is 5.97 Å². The number of aromatic carboxylic acids is 1. The highest BCUT2D eigenvalue weighted by molar-refractivity contribution is 6.17. The average Bonchev–Trinajstić information content (AvgIpc) is 2.27. The Balaban J connectivity index is 2.76. The van der Waals surface area contributed by atoms with E-state index in [1.807, 2.05) is 24.3 Å². The summed E-state index contributed by atoms with van der Waals surface area (Å²) in [7, 11) is 0. The number of fused-ring (bicyclic) bond motifs is 1. The van der Waals surface area contributed by atoms with Crippen LogP contribution in [0, 0.1) is 0 Å². The van der Waals surface area contributed by atoms with E-state index in [9.17, 15) is 4.79 Å². The van der Waals surface area contributed by atoms with Crippen molar-refractivity contribution in [2.45, 2.75) is 5.88 Å². The first kappa shape index (κ1) is 9.99. The van der Waals surface area contributed by atoms with Gasteiger partial charge in [0.25, 0.3) is 0 Å². The average molecular weight is 221 g/mol. The number of carboxylic acids is 1. The van der Waals surface area contributed by atoms with Gasteiger partial charge in [-0.3, -0.25) is 0 Å². The van der Waals surface area contributed by atoms with Crippen LogP contribution in [0.25, 0.3) is 10.8 Å². The maximum atomic E-state index is 11.0. The summed E-state index contributed by atoms with van der Waals surface area (Å²) in [5.41, 5.74) is 1.25. The van der Waals surface area contributed by atoms with E-state index >= 15 is 0 Å². The summed E-state index contributed by atoms with van der Waals surface area (Å²) in [5.74, 6) is -0.517. The topological polar surface area (TPSA) is 37.3 Å². The number of carbonyl (C=O) groups is 1. The van der Waals surface area contributed by atoms with Crippen LogP contribution < -0.4 is 0 Å². The molecule has 0 saturated heterocycles. The van der Waals surface area contributed by atoms with Crippen LogP contribution >= 0.6 is 11.6 Å². The molecule has 0 saturated carbocycles. The molecule has 2 rings (SSSR count). The Kier molecular flexibility index (Phi) is 2.60. The van der Waals surface area contributed by atoms with Crippen molar-refractivity contribution in [3.63, 3.8) is 0 Å². The van der Waals surface area contributed by atoms with Crippen molar-refractivity contribution in [3.05, 3.63) is 47.5 Å². The van der Waals surface area contributed by atoms with Crippen LogP contribution in [0.5, 0.6) is 0 Å². The minimum absolute atomic E-state index is 0.319. The van der Waals surface area contributed by atoms with E-state index in [1.165, 1.54) is 0 Å². The van der Waals surface area contributed by atoms with E-state index in [-0.39, 0.29) is 0 Å². The summed E-state index contributed by atoms with van der Waals surface area (Å²) >= 11 is 5.71. The summed E-state index contributed by atoms with van der Waals surface area (Å²) in [5, 5.41) is 10.7. The van der Waals surface area contributed by atoms with Crippen molar-refractivity contribution < 1.29 is 9.90 Å². The van der Waals surface area contributed by atoms with Crippen molar-refractivity contribution in [3.8, 4) is 0 Å². The second-order valence-corrected chi connectivity index (χ2v) is 3.57. The maximum Gasteiger partial charge on any atom is 0.336 e. The Morgan fingerprint density at radius 1 is 1.27 bits per heavy atom. The predicted molar refractivity (Wildman–Crippen MR) is 60.5 cm³/mol. The van der Waals surface area contributed by atoms with Gasteiger partial charge < -0.3 is 5.11 Å². The zero-order chi connectivity index (χ0) is 10.8. The summed E-state index contributed by atoms with van der Waals surface area (Å²) < 4.78 is 0. The van der Waals surface area contributed by atoms with Gasteiger partial charge in [-0.1, -0.05) is 24.3 Å². The number of alkyl halides is 1. The molecule has 0 bridgehead atoms. The lowest BCUT2D eigenvalue weighted by molar-refractivity contribution is 0.0699. The molecule has 2 aromatic rings. The van der Waals surface area contributed by atoms with E-state index in [1.54, 1.807) is 12.1 Å². The maximum absolute atomic E-state index is 11.0. The standard InChI is InChI=1S/C12H9ClO2/c13-7-8-4-5-9-2-1-3-10(12(14)15)11(9)6-8/h1-6H,7H2,(H,14,15). The van der Waals surface area contributed by atoms with Gasteiger partial charge in [0.15, 0.2) is 0 Å². The van der Waals surface area contributed by atoms with Crippen molar-refractivity contribution in [2.75, 3.05) is 0 Å². The fourth-order valence-electron chi connectivity index (χ4n) is 1.59. The molecule has 0 fully saturated rings. The summed E-state index contributed by atoms with van der Waals surface area (Å²) in [6.45, 7) is 0. The highest BCUT2D eigenvalue weighted by atomic mass is 35.5. The molecule has 0 aromatic heterocycles. The predicted octanol–water partition coefficient (Wildman–Crippen LogP) is 3.28. The molecule has 0 spiro atoms. The van der Waals surface area contributed by atoms with Crippen LogP contribution in [-0.2, 0) is 5.88 Å². The van der Waals surface area contributed by atoms with E-state index in [0.717, 1.165) is 16.3 Å². The molecule has 0 unspecified atom stereocenters. The lowest BCUT2D eigenvalue weighted by Crippen LogP contribution is -1.97. The van der Waals surface area contributed by atoms with Gasteiger partial charge in [0, 0.05) is 5.88 Å². The van der Waals surface area contributed by atoms with Crippen LogP contribution in [0.2, 0.25) is 0 Å². The van der Waals surface area contributed by atoms with Crippen LogP contribution in [-0.4, -0.2) is 11.1 Å². The number of rotatable bonds is 2. The third-order valence-corrected chi connectivity index (χ3v) is 2.64. The first-order valence-corrected chi connectivity index (χ1v) is 5.07. The van der Waals surface area contributed by atoms with Gasteiger partial charge in [-0.15, -0.1) is 11.6 Å². The second kappa shape index (κ2) is 3.91. The normalized spacial score (nSPS) is 10.5. The van der Waals surface area contributed by atoms with E-state index in [2.05, 4.69) is 0 Å². The molecule has 0 atom stereocenters. The Morgan fingerprint density at radius 3 is 2.73 bits per heavy atom. The summed E-state index contributed by atoms with van der Waals surface area (Å²) in [6.07, 6.45) is 0. The Morgan fingerprint density at radius 2 is 2.07 bits per heavy atom. The lowest BCUT2D eigenvalue weighted by atomic mass is 10.0. The minimum atomic E-state index is -0.910.